The molecule has 8 heteroatoms. The molecule has 4 aromatic rings. The highest BCUT2D eigenvalue weighted by Gasteiger charge is 2.25. The fraction of sp³-hybridized carbons (Fsp3) is 0.231. The maximum atomic E-state index is 13.4. The number of hydrogen-bond donors (Lipinski definition) is 0. The summed E-state index contributed by atoms with van der Waals surface area (Å²) in [4.78, 5) is 45.3. The molecule has 34 heavy (non-hydrogen) atoms. The number of Topliss-reactive ketones (excluding diaryl/α,β-unsaturated/α-hetero) is 1. The summed E-state index contributed by atoms with van der Waals surface area (Å²) in [5, 5.41) is 2.46. The highest BCUT2D eigenvalue weighted by atomic mass is 32.1. The van der Waals surface area contributed by atoms with Gasteiger partial charge in [0.25, 0.3) is 11.5 Å². The van der Waals surface area contributed by atoms with E-state index in [-0.39, 0.29) is 30.4 Å². The van der Waals surface area contributed by atoms with Crippen LogP contribution in [0.1, 0.15) is 28.4 Å². The largest absolute Gasteiger partial charge is 0.482 e. The van der Waals surface area contributed by atoms with Gasteiger partial charge in [-0.2, -0.15) is 0 Å². The molecule has 0 saturated carbocycles. The third-order valence-corrected chi connectivity index (χ3v) is 7.12. The Labute approximate surface area is 200 Å². The number of fused-ring (bicyclic) bond motifs is 2. The van der Waals surface area contributed by atoms with Crippen LogP contribution in [0.25, 0.3) is 21.3 Å². The topological polar surface area (TPSA) is 81.5 Å². The quantitative estimate of drug-likeness (QED) is 0.402. The number of amides is 1. The molecule has 1 aliphatic rings. The molecular formula is C26H23N3O4S. The van der Waals surface area contributed by atoms with Crippen LogP contribution in [0.3, 0.4) is 0 Å². The molecule has 7 nitrogen and oxygen atoms in total. The number of ether oxygens (including phenoxy) is 1. The van der Waals surface area contributed by atoms with E-state index in [0.29, 0.717) is 33.8 Å². The molecule has 0 radical (unpaired) electrons. The Hall–Kier alpha value is -3.78. The van der Waals surface area contributed by atoms with Crippen LogP contribution < -0.4 is 15.2 Å². The molecule has 2 aromatic heterocycles. The molecular weight excluding hydrogens is 450 g/mol. The van der Waals surface area contributed by atoms with Crippen LogP contribution in [0.5, 0.6) is 5.75 Å². The molecule has 5 rings (SSSR count). The summed E-state index contributed by atoms with van der Waals surface area (Å²) in [6, 6.07) is 11.1. The minimum Gasteiger partial charge on any atom is -0.482 e. The maximum absolute atomic E-state index is 13.4. The van der Waals surface area contributed by atoms with E-state index < -0.39 is 0 Å². The first-order valence-electron chi connectivity index (χ1n) is 11.0. The summed E-state index contributed by atoms with van der Waals surface area (Å²) < 4.78 is 6.83. The lowest BCUT2D eigenvalue weighted by Crippen LogP contribution is -2.38. The van der Waals surface area contributed by atoms with Crippen LogP contribution in [0, 0.1) is 13.8 Å². The first-order valence-corrected chi connectivity index (χ1v) is 11.9. The summed E-state index contributed by atoms with van der Waals surface area (Å²) >= 11 is 1.41. The number of thiophene rings is 1. The number of benzene rings is 2. The minimum absolute atomic E-state index is 0.0152. The van der Waals surface area contributed by atoms with Crippen molar-refractivity contribution in [3.63, 3.8) is 0 Å². The molecule has 0 atom stereocenters. The van der Waals surface area contributed by atoms with E-state index in [0.717, 1.165) is 16.7 Å². The van der Waals surface area contributed by atoms with Crippen LogP contribution in [0.15, 0.2) is 52.9 Å². The average molecular weight is 474 g/mol. The third kappa shape index (κ3) is 3.70. The molecule has 0 N–H and O–H groups in total. The van der Waals surface area contributed by atoms with Crippen molar-refractivity contribution < 1.29 is 14.3 Å². The highest BCUT2D eigenvalue weighted by molar-refractivity contribution is 7.17. The predicted molar refractivity (Wildman–Crippen MR) is 133 cm³/mol. The van der Waals surface area contributed by atoms with Gasteiger partial charge < -0.3 is 9.64 Å². The third-order valence-electron chi connectivity index (χ3n) is 6.23. The number of nitrogens with zero attached hydrogens (tertiary/aromatic N) is 3. The van der Waals surface area contributed by atoms with Gasteiger partial charge in [-0.1, -0.05) is 18.2 Å². The van der Waals surface area contributed by atoms with Crippen molar-refractivity contribution in [3.05, 3.63) is 75.1 Å². The lowest BCUT2D eigenvalue weighted by atomic mass is 10.0. The van der Waals surface area contributed by atoms with E-state index >= 15 is 0 Å². The van der Waals surface area contributed by atoms with E-state index in [2.05, 4.69) is 11.1 Å². The Kier molecular flexibility index (Phi) is 5.53. The van der Waals surface area contributed by atoms with Crippen LogP contribution >= 0.6 is 11.3 Å². The zero-order chi connectivity index (χ0) is 24.0. The van der Waals surface area contributed by atoms with Crippen molar-refractivity contribution in [2.75, 3.05) is 18.1 Å². The monoisotopic (exact) mass is 473 g/mol. The zero-order valence-corrected chi connectivity index (χ0v) is 19.9. The second-order valence-electron chi connectivity index (χ2n) is 8.34. The number of carbonyl (C=O) groups excluding carboxylic acids is 2. The number of rotatable bonds is 5. The van der Waals surface area contributed by atoms with Gasteiger partial charge in [-0.3, -0.25) is 19.0 Å². The molecule has 2 aromatic carbocycles. The summed E-state index contributed by atoms with van der Waals surface area (Å²) in [5.74, 6) is 0.166. The molecule has 0 aliphatic carbocycles. The van der Waals surface area contributed by atoms with Crippen molar-refractivity contribution >= 4 is 38.9 Å². The van der Waals surface area contributed by atoms with Gasteiger partial charge in [0.15, 0.2) is 12.4 Å². The highest BCUT2D eigenvalue weighted by Crippen LogP contribution is 2.34. The van der Waals surface area contributed by atoms with Gasteiger partial charge >= 0.3 is 0 Å². The van der Waals surface area contributed by atoms with Gasteiger partial charge in [-0.05, 0) is 55.7 Å². The Bertz CT molecular complexity index is 1520. The molecule has 0 saturated heterocycles. The smallest absolute Gasteiger partial charge is 0.265 e. The van der Waals surface area contributed by atoms with Gasteiger partial charge in [0.2, 0.25) is 0 Å². The number of hydrogen-bond acceptors (Lipinski definition) is 6. The maximum Gasteiger partial charge on any atom is 0.265 e. The number of likely N-dealkylation sites (N-methyl/N-ethyl adjacent to an activating group) is 1. The van der Waals surface area contributed by atoms with Gasteiger partial charge in [0, 0.05) is 23.1 Å². The number of anilines is 1. The van der Waals surface area contributed by atoms with E-state index in [4.69, 9.17) is 4.74 Å². The van der Waals surface area contributed by atoms with Gasteiger partial charge in [0.1, 0.15) is 10.6 Å². The second kappa shape index (κ2) is 8.53. The first kappa shape index (κ1) is 22.0. The van der Waals surface area contributed by atoms with Crippen LogP contribution in [-0.2, 0) is 11.3 Å². The summed E-state index contributed by atoms with van der Waals surface area (Å²) in [6.45, 7) is 6.28. The fourth-order valence-electron chi connectivity index (χ4n) is 4.17. The number of carbonyl (C=O) groups is 2. The molecule has 1 amide bonds. The van der Waals surface area contributed by atoms with Crippen LogP contribution in [0.4, 0.5) is 5.69 Å². The Morgan fingerprint density at radius 1 is 1.12 bits per heavy atom. The normalized spacial score (nSPS) is 13.1. The van der Waals surface area contributed by atoms with Crippen LogP contribution in [-0.4, -0.2) is 34.4 Å². The Balaban J connectivity index is 1.50. The molecule has 0 spiro atoms. The van der Waals surface area contributed by atoms with E-state index in [1.54, 1.807) is 23.1 Å². The van der Waals surface area contributed by atoms with Gasteiger partial charge in [-0.15, -0.1) is 11.3 Å². The summed E-state index contributed by atoms with van der Waals surface area (Å²) in [7, 11) is 0. The van der Waals surface area contributed by atoms with Crippen LogP contribution in [0.2, 0.25) is 0 Å². The Morgan fingerprint density at radius 3 is 2.71 bits per heavy atom. The van der Waals surface area contributed by atoms with Gasteiger partial charge in [0.05, 0.1) is 23.9 Å². The first-order chi connectivity index (χ1) is 16.4. The minimum atomic E-state index is -0.250. The Morgan fingerprint density at radius 2 is 1.94 bits per heavy atom. The standard InChI is InChI=1S/C26H23N3O4S/c1-4-29-20-10-18(7-8-22(20)33-12-23(29)31)21(30)11-28-14-27-25-24(26(28)32)19(13-34-25)17-6-5-15(2)16(3)9-17/h5-10,13-14H,4,11-12H2,1-3H3. The molecule has 172 valence electrons. The number of aromatic nitrogens is 2. The van der Waals surface area contributed by atoms with E-state index in [9.17, 15) is 14.4 Å². The molecule has 0 fully saturated rings. The van der Waals surface area contributed by atoms with Crippen molar-refractivity contribution in [3.8, 4) is 16.9 Å². The van der Waals surface area contributed by atoms with Gasteiger partial charge in [-0.25, -0.2) is 4.98 Å². The lowest BCUT2D eigenvalue weighted by molar-refractivity contribution is -0.121. The van der Waals surface area contributed by atoms with E-state index in [1.807, 2.05) is 38.3 Å². The van der Waals surface area contributed by atoms with Crippen molar-refractivity contribution in [2.24, 2.45) is 0 Å². The number of aryl methyl sites for hydroxylation is 2. The van der Waals surface area contributed by atoms with Crippen molar-refractivity contribution in [1.29, 1.82) is 0 Å². The predicted octanol–water partition coefficient (Wildman–Crippen LogP) is 4.37. The molecule has 3 heterocycles. The van der Waals surface area contributed by atoms with Crippen molar-refractivity contribution in [2.45, 2.75) is 27.3 Å². The lowest BCUT2D eigenvalue weighted by Gasteiger charge is -2.28. The fourth-order valence-corrected chi connectivity index (χ4v) is 5.08. The number of ketones is 1. The molecule has 0 bridgehead atoms. The average Bonchev–Trinajstić information content (AvgIpc) is 3.27. The van der Waals surface area contributed by atoms with E-state index in [1.165, 1.54) is 27.8 Å². The molecule has 1 aliphatic heterocycles. The van der Waals surface area contributed by atoms with Crippen molar-refractivity contribution in [1.82, 2.24) is 9.55 Å². The SMILES string of the molecule is CCN1C(=O)COc2ccc(C(=O)Cn3cnc4scc(-c5ccc(C)c(C)c5)c4c3=O)cc21. The second-order valence-corrected chi connectivity index (χ2v) is 9.20. The molecule has 0 unspecified atom stereocenters. The zero-order valence-electron chi connectivity index (χ0n) is 19.1. The summed E-state index contributed by atoms with van der Waals surface area (Å²) in [5.41, 5.74) is 4.83. The summed E-state index contributed by atoms with van der Waals surface area (Å²) in [6.07, 6.45) is 1.42.